The summed E-state index contributed by atoms with van der Waals surface area (Å²) >= 11 is 0. The fourth-order valence-corrected chi connectivity index (χ4v) is 8.95. The minimum Gasteiger partial charge on any atom is -0.299 e. The van der Waals surface area contributed by atoms with E-state index in [1.54, 1.807) is 24.3 Å². The molecule has 0 N–H and O–H groups in total. The van der Waals surface area contributed by atoms with E-state index in [2.05, 4.69) is 6.92 Å². The lowest BCUT2D eigenvalue weighted by molar-refractivity contribution is -0.161. The Labute approximate surface area is 191 Å². The number of Topliss-reactive ketones (excluding diaryl/α,β-unsaturated/α-hetero) is 2. The molecule has 4 fully saturated rings. The number of aryl methyl sites for hydroxylation is 1. The first-order chi connectivity index (χ1) is 15.0. The summed E-state index contributed by atoms with van der Waals surface area (Å²) in [7, 11) is -3.80. The minimum atomic E-state index is -3.80. The normalized spacial score (nSPS) is 41.7. The van der Waals surface area contributed by atoms with Crippen LogP contribution in [0, 0.1) is 41.4 Å². The molecule has 32 heavy (non-hydrogen) atoms. The van der Waals surface area contributed by atoms with Crippen molar-refractivity contribution in [2.45, 2.75) is 83.1 Å². The molecule has 0 spiro atoms. The van der Waals surface area contributed by atoms with Gasteiger partial charge in [-0.1, -0.05) is 31.5 Å². The van der Waals surface area contributed by atoms with Gasteiger partial charge in [0.1, 0.15) is 11.6 Å². The summed E-state index contributed by atoms with van der Waals surface area (Å²) in [5.41, 5.74) is 0.427. The number of ketones is 2. The highest BCUT2D eigenvalue weighted by molar-refractivity contribution is 7.86. The Morgan fingerprint density at radius 2 is 1.72 bits per heavy atom. The number of benzene rings is 1. The lowest BCUT2D eigenvalue weighted by Crippen LogP contribution is -2.57. The van der Waals surface area contributed by atoms with Gasteiger partial charge in [0.2, 0.25) is 0 Å². The van der Waals surface area contributed by atoms with E-state index in [1.807, 2.05) is 13.8 Å². The van der Waals surface area contributed by atoms with E-state index in [-0.39, 0.29) is 39.8 Å². The number of hydrogen-bond acceptors (Lipinski definition) is 5. The Kier molecular flexibility index (Phi) is 5.21. The van der Waals surface area contributed by atoms with E-state index in [4.69, 9.17) is 4.18 Å². The van der Waals surface area contributed by atoms with E-state index < -0.39 is 15.5 Å². The lowest BCUT2D eigenvalue weighted by atomic mass is 9.45. The fraction of sp³-hybridized carbons (Fsp3) is 0.692. The molecule has 0 amide bonds. The molecule has 5 rings (SSSR count). The lowest BCUT2D eigenvalue weighted by Gasteiger charge is -2.59. The van der Waals surface area contributed by atoms with Gasteiger partial charge in [-0.2, -0.15) is 8.42 Å². The molecule has 0 bridgehead atoms. The highest BCUT2D eigenvalue weighted by atomic mass is 32.2. The molecular weight excluding hydrogens is 424 g/mol. The van der Waals surface area contributed by atoms with Crippen LogP contribution in [-0.4, -0.2) is 26.1 Å². The van der Waals surface area contributed by atoms with Crippen LogP contribution in [0.25, 0.3) is 0 Å². The second-order valence-corrected chi connectivity index (χ2v) is 12.9. The molecule has 0 unspecified atom stereocenters. The summed E-state index contributed by atoms with van der Waals surface area (Å²) in [6.45, 7) is 6.19. The zero-order valence-electron chi connectivity index (χ0n) is 19.3. The zero-order chi connectivity index (χ0) is 22.9. The molecule has 1 aromatic rings. The van der Waals surface area contributed by atoms with E-state index in [9.17, 15) is 18.0 Å². The van der Waals surface area contributed by atoms with Crippen molar-refractivity contribution in [3.8, 4) is 0 Å². The first-order valence-corrected chi connectivity index (χ1v) is 13.5. The molecule has 6 heteroatoms. The van der Waals surface area contributed by atoms with E-state index in [0.717, 1.165) is 31.2 Å². The summed E-state index contributed by atoms with van der Waals surface area (Å²) in [4.78, 5) is 26.2. The second-order valence-electron chi connectivity index (χ2n) is 11.3. The van der Waals surface area contributed by atoms with Crippen molar-refractivity contribution < 1.29 is 22.2 Å². The van der Waals surface area contributed by atoms with Crippen molar-refractivity contribution in [2.75, 3.05) is 0 Å². The smallest absolute Gasteiger partial charge is 0.297 e. The summed E-state index contributed by atoms with van der Waals surface area (Å²) in [6, 6.07) is 6.77. The van der Waals surface area contributed by atoms with E-state index in [0.29, 0.717) is 37.5 Å². The molecule has 4 aliphatic carbocycles. The van der Waals surface area contributed by atoms with Gasteiger partial charge in [-0.25, -0.2) is 0 Å². The molecule has 4 aliphatic rings. The molecule has 0 aliphatic heterocycles. The topological polar surface area (TPSA) is 77.5 Å². The van der Waals surface area contributed by atoms with E-state index >= 15 is 0 Å². The van der Waals surface area contributed by atoms with Crippen LogP contribution in [0.5, 0.6) is 0 Å². The van der Waals surface area contributed by atoms with Gasteiger partial charge in [-0.05, 0) is 80.8 Å². The summed E-state index contributed by atoms with van der Waals surface area (Å²) in [5.74, 6) is 1.44. The van der Waals surface area contributed by atoms with Crippen LogP contribution in [0.4, 0.5) is 0 Å². The van der Waals surface area contributed by atoms with Crippen LogP contribution in [0.1, 0.15) is 70.8 Å². The monoisotopic (exact) mass is 458 g/mol. The highest BCUT2D eigenvalue weighted by Crippen LogP contribution is 2.64. The quantitative estimate of drug-likeness (QED) is 0.605. The molecule has 0 heterocycles. The molecule has 4 saturated carbocycles. The van der Waals surface area contributed by atoms with Gasteiger partial charge in [0.15, 0.2) is 0 Å². The van der Waals surface area contributed by atoms with Crippen molar-refractivity contribution in [1.29, 1.82) is 0 Å². The van der Waals surface area contributed by atoms with Gasteiger partial charge >= 0.3 is 0 Å². The molecule has 0 saturated heterocycles. The van der Waals surface area contributed by atoms with Crippen molar-refractivity contribution in [3.05, 3.63) is 29.8 Å². The van der Waals surface area contributed by atoms with Crippen molar-refractivity contribution in [3.63, 3.8) is 0 Å². The van der Waals surface area contributed by atoms with Gasteiger partial charge in [0.05, 0.1) is 11.0 Å². The number of hydrogen-bond donors (Lipinski definition) is 0. The van der Waals surface area contributed by atoms with Gasteiger partial charge in [0.25, 0.3) is 10.1 Å². The standard InChI is InChI=1S/C26H34O5S/c1-16-4-7-19(8-5-16)32(29,30)31-18-12-13-25(2)17(14-18)6-9-20-21-10-11-23(28)26(21,3)15-22(27)24(20)25/h4-5,7-8,17-18,20-21,24H,6,9-15H2,1-3H3/t17-,18+,20-,21-,24-,25-,26-/m0/s1. The number of fused-ring (bicyclic) bond motifs is 5. The third-order valence-electron chi connectivity index (χ3n) is 9.59. The third-order valence-corrected chi connectivity index (χ3v) is 11.0. The summed E-state index contributed by atoms with van der Waals surface area (Å²) in [6.07, 6.45) is 5.66. The van der Waals surface area contributed by atoms with Crippen LogP contribution >= 0.6 is 0 Å². The number of carbonyl (C=O) groups is 2. The maximum atomic E-state index is 13.4. The Morgan fingerprint density at radius 3 is 2.44 bits per heavy atom. The highest BCUT2D eigenvalue weighted by Gasteiger charge is 2.63. The Morgan fingerprint density at radius 1 is 1.00 bits per heavy atom. The van der Waals surface area contributed by atoms with E-state index in [1.165, 1.54) is 0 Å². The molecular formula is C26H34O5S. The number of carbonyl (C=O) groups excluding carboxylic acids is 2. The SMILES string of the molecule is Cc1ccc(S(=O)(=O)O[C@@H]2CC[C@@]3(C)[C@@H](CC[C@@H]4[C@H]3C(=O)C[C@]3(C)C(=O)CC[C@@H]43)C2)cc1. The molecule has 0 aromatic heterocycles. The average molecular weight is 459 g/mol. The van der Waals surface area contributed by atoms with Crippen LogP contribution in [0.2, 0.25) is 0 Å². The summed E-state index contributed by atoms with van der Waals surface area (Å²) in [5, 5.41) is 0. The second kappa shape index (κ2) is 7.49. The molecule has 7 atom stereocenters. The van der Waals surface area contributed by atoms with Crippen molar-refractivity contribution in [2.24, 2.45) is 34.5 Å². The average Bonchev–Trinajstić information content (AvgIpc) is 3.02. The van der Waals surface area contributed by atoms with Gasteiger partial charge in [-0.15, -0.1) is 0 Å². The van der Waals surface area contributed by atoms with Crippen molar-refractivity contribution >= 4 is 21.7 Å². The Balaban J connectivity index is 1.34. The fourth-order valence-electron chi connectivity index (χ4n) is 7.84. The number of rotatable bonds is 3. The maximum absolute atomic E-state index is 13.4. The molecule has 5 nitrogen and oxygen atoms in total. The van der Waals surface area contributed by atoms with Crippen LogP contribution in [0.15, 0.2) is 29.2 Å². The minimum absolute atomic E-state index is 0.000110. The first kappa shape index (κ1) is 22.3. The third kappa shape index (κ3) is 3.32. The Bertz CT molecular complexity index is 1040. The van der Waals surface area contributed by atoms with Crippen molar-refractivity contribution in [1.82, 2.24) is 0 Å². The van der Waals surface area contributed by atoms with Crippen LogP contribution in [-0.2, 0) is 23.9 Å². The Hall–Kier alpha value is -1.53. The largest absolute Gasteiger partial charge is 0.299 e. The van der Waals surface area contributed by atoms with Crippen LogP contribution < -0.4 is 0 Å². The molecule has 174 valence electrons. The van der Waals surface area contributed by atoms with Gasteiger partial charge in [-0.3, -0.25) is 13.8 Å². The maximum Gasteiger partial charge on any atom is 0.297 e. The predicted molar refractivity (Wildman–Crippen MR) is 120 cm³/mol. The predicted octanol–water partition coefficient (Wildman–Crippen LogP) is 4.86. The molecule has 1 aromatic carbocycles. The summed E-state index contributed by atoms with van der Waals surface area (Å²) < 4.78 is 31.3. The first-order valence-electron chi connectivity index (χ1n) is 12.1. The molecule has 0 radical (unpaired) electrons. The van der Waals surface area contributed by atoms with Gasteiger partial charge in [0, 0.05) is 24.2 Å². The zero-order valence-corrected chi connectivity index (χ0v) is 20.1. The van der Waals surface area contributed by atoms with Crippen LogP contribution in [0.3, 0.4) is 0 Å². The van der Waals surface area contributed by atoms with Gasteiger partial charge < -0.3 is 0 Å².